The average Bonchev–Trinajstić information content (AvgIpc) is 3.10. The highest BCUT2D eigenvalue weighted by Gasteiger charge is 2.40. The number of hydrogen-bond acceptors (Lipinski definition) is 7. The molecule has 156 valence electrons. The predicted octanol–water partition coefficient (Wildman–Crippen LogP) is -0.861. The number of carbonyl (C=O) groups is 5. The van der Waals surface area contributed by atoms with Gasteiger partial charge >= 0.3 is 6.09 Å². The number of amides is 3. The summed E-state index contributed by atoms with van der Waals surface area (Å²) >= 11 is 0. The minimum absolute atomic E-state index is 0.184. The van der Waals surface area contributed by atoms with Gasteiger partial charge in [0.2, 0.25) is 5.91 Å². The summed E-state index contributed by atoms with van der Waals surface area (Å²) in [5, 5.41) is 4.85. The van der Waals surface area contributed by atoms with Crippen LogP contribution in [0.15, 0.2) is 0 Å². The Morgan fingerprint density at radius 2 is 1.82 bits per heavy atom. The van der Waals surface area contributed by atoms with E-state index in [1.54, 1.807) is 0 Å². The summed E-state index contributed by atoms with van der Waals surface area (Å²) in [6.07, 6.45) is 3.16. The van der Waals surface area contributed by atoms with Crippen LogP contribution in [-0.4, -0.2) is 54.7 Å². The van der Waals surface area contributed by atoms with Gasteiger partial charge in [-0.25, -0.2) is 4.79 Å². The van der Waals surface area contributed by atoms with Gasteiger partial charge in [0, 0.05) is 6.54 Å². The van der Waals surface area contributed by atoms with Crippen molar-refractivity contribution in [2.45, 2.75) is 57.1 Å². The first kappa shape index (κ1) is 21.8. The molecule has 1 saturated heterocycles. The average molecular weight is 396 g/mol. The van der Waals surface area contributed by atoms with E-state index in [4.69, 9.17) is 16.2 Å². The number of primary amides is 1. The molecule has 10 heteroatoms. The van der Waals surface area contributed by atoms with Gasteiger partial charge in [-0.1, -0.05) is 32.1 Å². The van der Waals surface area contributed by atoms with E-state index < -0.39 is 54.1 Å². The second-order valence-electron chi connectivity index (χ2n) is 7.31. The van der Waals surface area contributed by atoms with Crippen LogP contribution >= 0.6 is 0 Å². The normalized spacial score (nSPS) is 22.0. The Morgan fingerprint density at radius 1 is 1.14 bits per heavy atom. The Kier molecular flexibility index (Phi) is 7.91. The third kappa shape index (κ3) is 5.75. The molecule has 1 saturated carbocycles. The summed E-state index contributed by atoms with van der Waals surface area (Å²) in [5.41, 5.74) is 10.4. The highest BCUT2D eigenvalue weighted by Crippen LogP contribution is 2.28. The van der Waals surface area contributed by atoms with Crippen molar-refractivity contribution in [1.29, 1.82) is 0 Å². The molecule has 0 aromatic carbocycles. The summed E-state index contributed by atoms with van der Waals surface area (Å²) < 4.78 is 4.95. The molecule has 0 aromatic rings. The maximum absolute atomic E-state index is 12.7. The van der Waals surface area contributed by atoms with E-state index in [-0.39, 0.29) is 18.8 Å². The minimum atomic E-state index is -1.56. The van der Waals surface area contributed by atoms with Crippen LogP contribution in [0, 0.1) is 11.8 Å². The van der Waals surface area contributed by atoms with E-state index in [1.165, 1.54) is 0 Å². The van der Waals surface area contributed by atoms with Crippen molar-refractivity contribution in [3.05, 3.63) is 0 Å². The van der Waals surface area contributed by atoms with Gasteiger partial charge in [0.1, 0.15) is 12.0 Å². The highest BCUT2D eigenvalue weighted by atomic mass is 16.6. The van der Waals surface area contributed by atoms with E-state index >= 15 is 0 Å². The van der Waals surface area contributed by atoms with Crippen molar-refractivity contribution in [3.8, 4) is 0 Å². The third-order valence-electron chi connectivity index (χ3n) is 5.31. The number of hydrogen-bond donors (Lipinski definition) is 4. The van der Waals surface area contributed by atoms with Gasteiger partial charge < -0.3 is 26.8 Å². The van der Waals surface area contributed by atoms with Crippen LogP contribution < -0.4 is 22.1 Å². The van der Waals surface area contributed by atoms with Gasteiger partial charge in [0.15, 0.2) is 17.7 Å². The van der Waals surface area contributed by atoms with Crippen LogP contribution in [0.2, 0.25) is 0 Å². The summed E-state index contributed by atoms with van der Waals surface area (Å²) in [6.45, 7) is -0.156. The molecule has 28 heavy (non-hydrogen) atoms. The minimum Gasteiger partial charge on any atom is -0.436 e. The van der Waals surface area contributed by atoms with Gasteiger partial charge in [-0.05, 0) is 18.8 Å². The van der Waals surface area contributed by atoms with Crippen molar-refractivity contribution in [2.24, 2.45) is 23.3 Å². The van der Waals surface area contributed by atoms with E-state index in [0.717, 1.165) is 32.1 Å². The Balaban J connectivity index is 2.10. The van der Waals surface area contributed by atoms with Crippen molar-refractivity contribution in [1.82, 2.24) is 10.6 Å². The SMILES string of the molecule is NCC(=O)C(NC(=O)C(CC1CCCCC1)OC(N)=O)C(=O)C1CCNC1=O. The molecule has 0 radical (unpaired) electrons. The number of Topliss-reactive ketones (excluding diaryl/α,β-unsaturated/α-hetero) is 2. The zero-order chi connectivity index (χ0) is 20.7. The Hall–Kier alpha value is -2.49. The van der Waals surface area contributed by atoms with E-state index in [1.807, 2.05) is 0 Å². The number of nitrogens with one attached hydrogen (secondary N) is 2. The van der Waals surface area contributed by atoms with Crippen LogP contribution in [0.5, 0.6) is 0 Å². The zero-order valence-corrected chi connectivity index (χ0v) is 15.8. The lowest BCUT2D eigenvalue weighted by Gasteiger charge is -2.27. The fraction of sp³-hybridized carbons (Fsp3) is 0.722. The van der Waals surface area contributed by atoms with E-state index in [0.29, 0.717) is 6.54 Å². The smallest absolute Gasteiger partial charge is 0.405 e. The molecule has 3 unspecified atom stereocenters. The molecule has 2 aliphatic rings. The first-order valence-corrected chi connectivity index (χ1v) is 9.64. The lowest BCUT2D eigenvalue weighted by atomic mass is 9.85. The van der Waals surface area contributed by atoms with Crippen molar-refractivity contribution >= 4 is 29.5 Å². The molecule has 0 aromatic heterocycles. The third-order valence-corrected chi connectivity index (χ3v) is 5.31. The molecule has 0 spiro atoms. The molecule has 6 N–H and O–H groups in total. The first-order valence-electron chi connectivity index (χ1n) is 9.64. The maximum Gasteiger partial charge on any atom is 0.405 e. The Labute approximate surface area is 163 Å². The Morgan fingerprint density at radius 3 is 2.36 bits per heavy atom. The number of nitrogens with two attached hydrogens (primary N) is 2. The van der Waals surface area contributed by atoms with Crippen molar-refractivity contribution in [3.63, 3.8) is 0 Å². The van der Waals surface area contributed by atoms with Crippen LogP contribution in [0.4, 0.5) is 4.79 Å². The molecule has 1 heterocycles. The molecule has 1 aliphatic carbocycles. The number of rotatable bonds is 9. The number of carbonyl (C=O) groups excluding carboxylic acids is 5. The standard InChI is InChI=1S/C18H28N4O6/c19-9-12(23)14(15(24)11-6-7-21-16(11)25)22-17(26)13(28-18(20)27)8-10-4-2-1-3-5-10/h10-11,13-14H,1-9,19H2,(H2,20,27)(H,21,25)(H,22,26). The predicted molar refractivity (Wildman–Crippen MR) is 97.8 cm³/mol. The van der Waals surface area contributed by atoms with Gasteiger partial charge in [-0.3, -0.25) is 19.2 Å². The van der Waals surface area contributed by atoms with Crippen LogP contribution in [0.1, 0.15) is 44.9 Å². The van der Waals surface area contributed by atoms with E-state index in [9.17, 15) is 24.0 Å². The van der Waals surface area contributed by atoms with Crippen molar-refractivity contribution in [2.75, 3.05) is 13.1 Å². The molecule has 1 aliphatic heterocycles. The lowest BCUT2D eigenvalue weighted by molar-refractivity contribution is -0.141. The van der Waals surface area contributed by atoms with Gasteiger partial charge in [0.05, 0.1) is 6.54 Å². The summed E-state index contributed by atoms with van der Waals surface area (Å²) in [6, 6.07) is -1.56. The molecule has 10 nitrogen and oxygen atoms in total. The summed E-state index contributed by atoms with van der Waals surface area (Å²) in [4.78, 5) is 60.5. The fourth-order valence-corrected chi connectivity index (χ4v) is 3.80. The molecular weight excluding hydrogens is 368 g/mol. The monoisotopic (exact) mass is 396 g/mol. The fourth-order valence-electron chi connectivity index (χ4n) is 3.80. The van der Waals surface area contributed by atoms with Gasteiger partial charge in [0.25, 0.3) is 5.91 Å². The first-order chi connectivity index (χ1) is 13.3. The van der Waals surface area contributed by atoms with Crippen LogP contribution in [0.3, 0.4) is 0 Å². The number of ether oxygens (including phenoxy) is 1. The lowest BCUT2D eigenvalue weighted by Crippen LogP contribution is -2.54. The molecule has 3 atom stereocenters. The quantitative estimate of drug-likeness (QED) is 0.367. The van der Waals surface area contributed by atoms with Crippen LogP contribution in [-0.2, 0) is 23.9 Å². The van der Waals surface area contributed by atoms with E-state index in [2.05, 4.69) is 10.6 Å². The van der Waals surface area contributed by atoms with Gasteiger partial charge in [-0.2, -0.15) is 0 Å². The molecule has 0 bridgehead atoms. The molecule has 2 rings (SSSR count). The topological polar surface area (TPSA) is 171 Å². The molecule has 2 fully saturated rings. The zero-order valence-electron chi connectivity index (χ0n) is 15.8. The largest absolute Gasteiger partial charge is 0.436 e. The second kappa shape index (κ2) is 10.2. The maximum atomic E-state index is 12.7. The summed E-state index contributed by atoms with van der Waals surface area (Å²) in [7, 11) is 0. The highest BCUT2D eigenvalue weighted by molar-refractivity contribution is 6.16. The number of ketones is 2. The Bertz CT molecular complexity index is 632. The van der Waals surface area contributed by atoms with Gasteiger partial charge in [-0.15, -0.1) is 0 Å². The summed E-state index contributed by atoms with van der Waals surface area (Å²) in [5.74, 6) is -3.54. The van der Waals surface area contributed by atoms with Crippen molar-refractivity contribution < 1.29 is 28.7 Å². The van der Waals surface area contributed by atoms with Crippen LogP contribution in [0.25, 0.3) is 0 Å². The second-order valence-corrected chi connectivity index (χ2v) is 7.31. The molecular formula is C18H28N4O6. The molecule has 3 amide bonds.